The molecule has 0 amide bonds. The van der Waals surface area contributed by atoms with Crippen LogP contribution in [0.3, 0.4) is 0 Å². The molecule has 19 heavy (non-hydrogen) atoms. The lowest BCUT2D eigenvalue weighted by Gasteiger charge is -2.15. The summed E-state index contributed by atoms with van der Waals surface area (Å²) in [6.45, 7) is 4.10. The molecule has 2 rings (SSSR count). The molecular weight excluding hydrogens is 260 g/mol. The van der Waals surface area contributed by atoms with E-state index in [1.807, 2.05) is 31.2 Å². The van der Waals surface area contributed by atoms with Crippen LogP contribution in [0.15, 0.2) is 34.7 Å². The lowest BCUT2D eigenvalue weighted by Crippen LogP contribution is -2.16. The van der Waals surface area contributed by atoms with Crippen molar-refractivity contribution < 1.29 is 4.42 Å². The van der Waals surface area contributed by atoms with E-state index < -0.39 is 0 Å². The van der Waals surface area contributed by atoms with Crippen molar-refractivity contribution in [1.29, 1.82) is 0 Å². The second kappa shape index (κ2) is 6.24. The summed E-state index contributed by atoms with van der Waals surface area (Å²) in [5, 5.41) is 0.764. The van der Waals surface area contributed by atoms with Gasteiger partial charge in [-0.2, -0.15) is 0 Å². The zero-order chi connectivity index (χ0) is 13.8. The summed E-state index contributed by atoms with van der Waals surface area (Å²) in [4.78, 5) is 2.20. The molecule has 0 aliphatic heterocycles. The standard InChI is InChI=1S/C15H19ClN2O/c1-11-7-14(19-15(11)8-17)10-18(2)9-12-3-5-13(16)6-4-12/h3-7H,8-10,17H2,1-2H3. The van der Waals surface area contributed by atoms with Gasteiger partial charge in [-0.15, -0.1) is 0 Å². The van der Waals surface area contributed by atoms with Gasteiger partial charge in [0.05, 0.1) is 13.1 Å². The van der Waals surface area contributed by atoms with Crippen molar-refractivity contribution in [2.75, 3.05) is 7.05 Å². The van der Waals surface area contributed by atoms with Crippen LogP contribution in [-0.4, -0.2) is 11.9 Å². The van der Waals surface area contributed by atoms with Crippen molar-refractivity contribution in [3.05, 3.63) is 58.0 Å². The number of furan rings is 1. The van der Waals surface area contributed by atoms with E-state index in [2.05, 4.69) is 18.0 Å². The van der Waals surface area contributed by atoms with Crippen LogP contribution in [0.1, 0.15) is 22.6 Å². The topological polar surface area (TPSA) is 42.4 Å². The maximum atomic E-state index is 5.87. The first-order chi connectivity index (χ1) is 9.08. The molecule has 0 spiro atoms. The van der Waals surface area contributed by atoms with E-state index in [4.69, 9.17) is 21.8 Å². The third-order valence-electron chi connectivity index (χ3n) is 3.05. The molecule has 1 heterocycles. The van der Waals surface area contributed by atoms with E-state index in [1.165, 1.54) is 5.56 Å². The van der Waals surface area contributed by atoms with Crippen LogP contribution in [0.2, 0.25) is 5.02 Å². The molecule has 102 valence electrons. The highest BCUT2D eigenvalue weighted by molar-refractivity contribution is 6.30. The fourth-order valence-electron chi connectivity index (χ4n) is 2.09. The number of halogens is 1. The Hall–Kier alpha value is -1.29. The van der Waals surface area contributed by atoms with Gasteiger partial charge in [-0.25, -0.2) is 0 Å². The van der Waals surface area contributed by atoms with E-state index in [9.17, 15) is 0 Å². The maximum absolute atomic E-state index is 5.87. The van der Waals surface area contributed by atoms with Crippen molar-refractivity contribution in [2.24, 2.45) is 5.73 Å². The molecule has 2 N–H and O–H groups in total. The van der Waals surface area contributed by atoms with E-state index in [0.29, 0.717) is 6.54 Å². The number of aryl methyl sites for hydroxylation is 1. The molecule has 1 aromatic carbocycles. The monoisotopic (exact) mass is 278 g/mol. The predicted octanol–water partition coefficient (Wildman–Crippen LogP) is 3.33. The minimum absolute atomic E-state index is 0.451. The SMILES string of the molecule is Cc1cc(CN(C)Cc2ccc(Cl)cc2)oc1CN. The van der Waals surface area contributed by atoms with Gasteiger partial charge in [0.1, 0.15) is 11.5 Å². The molecule has 4 heteroatoms. The van der Waals surface area contributed by atoms with Gasteiger partial charge in [0.25, 0.3) is 0 Å². The third-order valence-corrected chi connectivity index (χ3v) is 3.30. The molecule has 0 saturated heterocycles. The molecule has 0 atom stereocenters. The zero-order valence-corrected chi connectivity index (χ0v) is 12.1. The molecule has 0 bridgehead atoms. The summed E-state index contributed by atoms with van der Waals surface area (Å²) in [6.07, 6.45) is 0. The Morgan fingerprint density at radius 2 is 1.89 bits per heavy atom. The van der Waals surface area contributed by atoms with Crippen LogP contribution in [0.25, 0.3) is 0 Å². The first kappa shape index (κ1) is 14.1. The van der Waals surface area contributed by atoms with Gasteiger partial charge >= 0.3 is 0 Å². The highest BCUT2D eigenvalue weighted by Gasteiger charge is 2.09. The van der Waals surface area contributed by atoms with Crippen molar-refractivity contribution in [2.45, 2.75) is 26.6 Å². The first-order valence-corrected chi connectivity index (χ1v) is 6.67. The Kier molecular flexibility index (Phi) is 4.64. The minimum Gasteiger partial charge on any atom is -0.463 e. The summed E-state index contributed by atoms with van der Waals surface area (Å²) in [5.41, 5.74) is 7.97. The Balaban J connectivity index is 1.96. The molecule has 2 aromatic rings. The van der Waals surface area contributed by atoms with Crippen molar-refractivity contribution in [3.63, 3.8) is 0 Å². The fraction of sp³-hybridized carbons (Fsp3) is 0.333. The highest BCUT2D eigenvalue weighted by atomic mass is 35.5. The van der Waals surface area contributed by atoms with Gasteiger partial charge in [-0.1, -0.05) is 23.7 Å². The van der Waals surface area contributed by atoms with Gasteiger partial charge < -0.3 is 10.2 Å². The van der Waals surface area contributed by atoms with Crippen LogP contribution in [0.4, 0.5) is 0 Å². The summed E-state index contributed by atoms with van der Waals surface area (Å²) < 4.78 is 5.70. The third kappa shape index (κ3) is 3.83. The minimum atomic E-state index is 0.451. The second-order valence-electron chi connectivity index (χ2n) is 4.82. The Bertz CT molecular complexity index is 534. The number of nitrogens with zero attached hydrogens (tertiary/aromatic N) is 1. The molecular formula is C15H19ClN2O. The molecule has 1 aromatic heterocycles. The molecule has 3 nitrogen and oxygen atoms in total. The van der Waals surface area contributed by atoms with E-state index >= 15 is 0 Å². The average molecular weight is 279 g/mol. The Morgan fingerprint density at radius 1 is 1.21 bits per heavy atom. The number of benzene rings is 1. The molecule has 0 aliphatic carbocycles. The van der Waals surface area contributed by atoms with E-state index in [1.54, 1.807) is 0 Å². The quantitative estimate of drug-likeness (QED) is 0.912. The van der Waals surface area contributed by atoms with Crippen LogP contribution in [0.5, 0.6) is 0 Å². The smallest absolute Gasteiger partial charge is 0.120 e. The maximum Gasteiger partial charge on any atom is 0.120 e. The number of hydrogen-bond donors (Lipinski definition) is 1. The molecule has 0 aliphatic rings. The average Bonchev–Trinajstić information content (AvgIpc) is 2.72. The van der Waals surface area contributed by atoms with Gasteiger partial charge in [0.15, 0.2) is 0 Å². The largest absolute Gasteiger partial charge is 0.463 e. The Morgan fingerprint density at radius 3 is 2.47 bits per heavy atom. The summed E-state index contributed by atoms with van der Waals surface area (Å²) in [7, 11) is 2.06. The lowest BCUT2D eigenvalue weighted by atomic mass is 10.2. The van der Waals surface area contributed by atoms with Crippen LogP contribution in [-0.2, 0) is 19.6 Å². The van der Waals surface area contributed by atoms with Crippen LogP contribution < -0.4 is 5.73 Å². The van der Waals surface area contributed by atoms with Gasteiger partial charge in [-0.3, -0.25) is 4.90 Å². The van der Waals surface area contributed by atoms with Crippen LogP contribution >= 0.6 is 11.6 Å². The highest BCUT2D eigenvalue weighted by Crippen LogP contribution is 2.17. The molecule has 0 unspecified atom stereocenters. The zero-order valence-electron chi connectivity index (χ0n) is 11.3. The van der Waals surface area contributed by atoms with Crippen molar-refractivity contribution in [3.8, 4) is 0 Å². The molecule has 0 fully saturated rings. The summed E-state index contributed by atoms with van der Waals surface area (Å²) in [5.74, 6) is 1.82. The van der Waals surface area contributed by atoms with Crippen molar-refractivity contribution >= 4 is 11.6 Å². The number of nitrogens with two attached hydrogens (primary N) is 1. The van der Waals surface area contributed by atoms with E-state index in [-0.39, 0.29) is 0 Å². The Labute approximate surface area is 119 Å². The number of hydrogen-bond acceptors (Lipinski definition) is 3. The summed E-state index contributed by atoms with van der Waals surface area (Å²) in [6, 6.07) is 9.96. The van der Waals surface area contributed by atoms with Gasteiger partial charge in [-0.05, 0) is 43.3 Å². The molecule has 0 radical (unpaired) electrons. The molecule has 0 saturated carbocycles. The lowest BCUT2D eigenvalue weighted by molar-refractivity contribution is 0.283. The normalized spacial score (nSPS) is 11.2. The first-order valence-electron chi connectivity index (χ1n) is 6.29. The van der Waals surface area contributed by atoms with Gasteiger partial charge in [0.2, 0.25) is 0 Å². The number of rotatable bonds is 5. The van der Waals surface area contributed by atoms with Gasteiger partial charge in [0, 0.05) is 11.6 Å². The summed E-state index contributed by atoms with van der Waals surface area (Å²) >= 11 is 5.87. The predicted molar refractivity (Wildman–Crippen MR) is 78.0 cm³/mol. The van der Waals surface area contributed by atoms with E-state index in [0.717, 1.165) is 35.2 Å². The fourth-order valence-corrected chi connectivity index (χ4v) is 2.22. The van der Waals surface area contributed by atoms with Crippen LogP contribution in [0, 0.1) is 6.92 Å². The van der Waals surface area contributed by atoms with Crippen molar-refractivity contribution in [1.82, 2.24) is 4.90 Å². The second-order valence-corrected chi connectivity index (χ2v) is 5.26.